The lowest BCUT2D eigenvalue weighted by Gasteiger charge is -2.30. The van der Waals surface area contributed by atoms with E-state index >= 15 is 0 Å². The highest BCUT2D eigenvalue weighted by Gasteiger charge is 2.31. The summed E-state index contributed by atoms with van der Waals surface area (Å²) in [6.07, 6.45) is 0.409. The number of carbonyl (C=O) groups excluding carboxylic acids is 1. The minimum Gasteiger partial charge on any atom is -0.452 e. The summed E-state index contributed by atoms with van der Waals surface area (Å²) in [6, 6.07) is 0. The topological polar surface area (TPSA) is 102 Å². The smallest absolute Gasteiger partial charge is 0.421 e. The molecule has 3 N–H and O–H groups in total. The lowest BCUT2D eigenvalue weighted by atomic mass is 10.0. The fourth-order valence-corrected chi connectivity index (χ4v) is 2.97. The van der Waals surface area contributed by atoms with Crippen molar-refractivity contribution in [1.82, 2.24) is 9.03 Å². The van der Waals surface area contributed by atoms with E-state index < -0.39 is 16.3 Å². The minimum absolute atomic E-state index is 0.145. The number of piperidine rings is 1. The standard InChI is InChI=1S/C8H15N3O4S2/c1-15-8(12)10-17(13,14)11-4-2-3-6(5-11)7(9)16/h6H,2-5H2,1H3,(H2,9,16)(H,10,12). The van der Waals surface area contributed by atoms with E-state index in [1.165, 1.54) is 0 Å². The maximum atomic E-state index is 11.8. The van der Waals surface area contributed by atoms with Crippen LogP contribution in [0.3, 0.4) is 0 Å². The van der Waals surface area contributed by atoms with Crippen molar-refractivity contribution in [2.75, 3.05) is 20.2 Å². The fraction of sp³-hybridized carbons (Fsp3) is 0.750. The maximum Gasteiger partial charge on any atom is 0.421 e. The molecule has 98 valence electrons. The Hall–Kier alpha value is -0.930. The van der Waals surface area contributed by atoms with Gasteiger partial charge < -0.3 is 10.5 Å². The molecule has 1 saturated heterocycles. The van der Waals surface area contributed by atoms with E-state index in [9.17, 15) is 13.2 Å². The molecular formula is C8H15N3O4S2. The van der Waals surface area contributed by atoms with E-state index in [2.05, 4.69) is 4.74 Å². The van der Waals surface area contributed by atoms with Gasteiger partial charge >= 0.3 is 16.3 Å². The van der Waals surface area contributed by atoms with Crippen molar-refractivity contribution in [2.24, 2.45) is 11.7 Å². The van der Waals surface area contributed by atoms with Crippen LogP contribution in [-0.4, -0.2) is 44.0 Å². The third-order valence-corrected chi connectivity index (χ3v) is 4.29. The van der Waals surface area contributed by atoms with Gasteiger partial charge in [-0.05, 0) is 12.8 Å². The van der Waals surface area contributed by atoms with Crippen LogP contribution in [0.4, 0.5) is 4.79 Å². The Morgan fingerprint density at radius 1 is 1.59 bits per heavy atom. The molecular weight excluding hydrogens is 266 g/mol. The number of rotatable bonds is 3. The highest BCUT2D eigenvalue weighted by atomic mass is 32.2. The van der Waals surface area contributed by atoms with Crippen molar-refractivity contribution < 1.29 is 17.9 Å². The molecule has 1 aliphatic heterocycles. The summed E-state index contributed by atoms with van der Waals surface area (Å²) in [5.41, 5.74) is 5.50. The van der Waals surface area contributed by atoms with Crippen LogP contribution in [0.25, 0.3) is 0 Å². The van der Waals surface area contributed by atoms with Gasteiger partial charge in [-0.15, -0.1) is 0 Å². The number of nitrogens with one attached hydrogen (secondary N) is 1. The normalized spacial score (nSPS) is 21.8. The van der Waals surface area contributed by atoms with Crippen LogP contribution >= 0.6 is 12.2 Å². The Morgan fingerprint density at radius 3 is 2.76 bits per heavy atom. The number of methoxy groups -OCH3 is 1. The number of hydrogen-bond acceptors (Lipinski definition) is 5. The summed E-state index contributed by atoms with van der Waals surface area (Å²) in [6.45, 7) is 0.535. The number of hydrogen-bond donors (Lipinski definition) is 2. The van der Waals surface area contributed by atoms with Gasteiger partial charge in [0.25, 0.3) is 0 Å². The third-order valence-electron chi connectivity index (χ3n) is 2.52. The molecule has 1 unspecified atom stereocenters. The molecule has 0 aliphatic carbocycles. The van der Waals surface area contributed by atoms with Crippen molar-refractivity contribution in [3.63, 3.8) is 0 Å². The Bertz CT molecular complexity index is 409. The summed E-state index contributed by atoms with van der Waals surface area (Å²) in [4.78, 5) is 11.2. The number of nitrogens with two attached hydrogens (primary N) is 1. The molecule has 0 saturated carbocycles. The van der Waals surface area contributed by atoms with E-state index in [1.807, 2.05) is 0 Å². The van der Waals surface area contributed by atoms with Crippen molar-refractivity contribution in [3.8, 4) is 0 Å². The Kier molecular flexibility index (Phi) is 4.66. The lowest BCUT2D eigenvalue weighted by Crippen LogP contribution is -2.49. The Labute approximate surface area is 105 Å². The zero-order valence-corrected chi connectivity index (χ0v) is 11.0. The number of nitrogens with zero attached hydrogens (tertiary/aromatic N) is 1. The van der Waals surface area contributed by atoms with Gasteiger partial charge in [-0.2, -0.15) is 12.7 Å². The van der Waals surface area contributed by atoms with Crippen molar-refractivity contribution >= 4 is 33.5 Å². The molecule has 0 aromatic carbocycles. The SMILES string of the molecule is COC(=O)NS(=O)(=O)N1CCCC(C(N)=S)C1. The summed E-state index contributed by atoms with van der Waals surface area (Å²) in [7, 11) is -2.77. The second-order valence-electron chi connectivity index (χ2n) is 3.70. The monoisotopic (exact) mass is 281 g/mol. The largest absolute Gasteiger partial charge is 0.452 e. The molecule has 0 radical (unpaired) electrons. The van der Waals surface area contributed by atoms with E-state index in [1.54, 1.807) is 4.72 Å². The van der Waals surface area contributed by atoms with Crippen molar-refractivity contribution in [1.29, 1.82) is 0 Å². The minimum atomic E-state index is -3.87. The van der Waals surface area contributed by atoms with Crippen LogP contribution in [0.2, 0.25) is 0 Å². The maximum absolute atomic E-state index is 11.8. The first-order valence-electron chi connectivity index (χ1n) is 5.02. The second kappa shape index (κ2) is 5.61. The zero-order chi connectivity index (χ0) is 13.1. The van der Waals surface area contributed by atoms with E-state index in [0.29, 0.717) is 18.0 Å². The Morgan fingerprint density at radius 2 is 2.24 bits per heavy atom. The molecule has 1 amide bonds. The highest BCUT2D eigenvalue weighted by molar-refractivity contribution is 7.87. The van der Waals surface area contributed by atoms with Gasteiger partial charge in [0.05, 0.1) is 12.1 Å². The molecule has 0 bridgehead atoms. The van der Waals surface area contributed by atoms with Gasteiger partial charge in [-0.3, -0.25) is 0 Å². The van der Waals surface area contributed by atoms with Crippen molar-refractivity contribution in [2.45, 2.75) is 12.8 Å². The molecule has 1 rings (SSSR count). The summed E-state index contributed by atoms with van der Waals surface area (Å²) < 4.78 is 30.7. The number of thiocarbonyl (C=S) groups is 1. The number of ether oxygens (including phenoxy) is 1. The predicted octanol–water partition coefficient (Wildman–Crippen LogP) is -0.415. The van der Waals surface area contributed by atoms with E-state index in [0.717, 1.165) is 17.8 Å². The number of amides is 1. The van der Waals surface area contributed by atoms with Gasteiger partial charge in [0.15, 0.2) is 0 Å². The molecule has 9 heteroatoms. The average Bonchev–Trinajstić information content (AvgIpc) is 2.28. The average molecular weight is 281 g/mol. The quantitative estimate of drug-likeness (QED) is 0.682. The summed E-state index contributed by atoms with van der Waals surface area (Å²) >= 11 is 4.85. The van der Waals surface area contributed by atoms with Gasteiger partial charge in [0, 0.05) is 19.0 Å². The van der Waals surface area contributed by atoms with Crippen LogP contribution in [0, 0.1) is 5.92 Å². The van der Waals surface area contributed by atoms with Crippen LogP contribution in [0.1, 0.15) is 12.8 Å². The molecule has 1 atom stereocenters. The van der Waals surface area contributed by atoms with Crippen LogP contribution in [0.5, 0.6) is 0 Å². The molecule has 1 aliphatic rings. The van der Waals surface area contributed by atoms with Gasteiger partial charge in [-0.25, -0.2) is 9.52 Å². The first-order valence-corrected chi connectivity index (χ1v) is 6.87. The molecule has 0 spiro atoms. The Balaban J connectivity index is 2.71. The summed E-state index contributed by atoms with van der Waals surface area (Å²) in [5.74, 6) is -0.145. The summed E-state index contributed by atoms with van der Waals surface area (Å²) in [5, 5.41) is 0. The van der Waals surface area contributed by atoms with Crippen molar-refractivity contribution in [3.05, 3.63) is 0 Å². The predicted molar refractivity (Wildman–Crippen MR) is 65.5 cm³/mol. The molecule has 1 fully saturated rings. The molecule has 17 heavy (non-hydrogen) atoms. The zero-order valence-electron chi connectivity index (χ0n) is 9.38. The highest BCUT2D eigenvalue weighted by Crippen LogP contribution is 2.18. The molecule has 0 aromatic rings. The van der Waals surface area contributed by atoms with E-state index in [-0.39, 0.29) is 12.5 Å². The van der Waals surface area contributed by atoms with Gasteiger partial charge in [-0.1, -0.05) is 12.2 Å². The van der Waals surface area contributed by atoms with E-state index in [4.69, 9.17) is 18.0 Å². The van der Waals surface area contributed by atoms with Crippen LogP contribution < -0.4 is 10.5 Å². The first-order chi connectivity index (χ1) is 7.86. The molecule has 1 heterocycles. The third kappa shape index (κ3) is 3.79. The molecule has 7 nitrogen and oxygen atoms in total. The fourth-order valence-electron chi connectivity index (χ4n) is 1.60. The van der Waals surface area contributed by atoms with Gasteiger partial charge in [0.2, 0.25) is 0 Å². The van der Waals surface area contributed by atoms with Crippen LogP contribution in [0.15, 0.2) is 0 Å². The second-order valence-corrected chi connectivity index (χ2v) is 5.84. The molecule has 0 aromatic heterocycles. The number of carbonyl (C=O) groups is 1. The lowest BCUT2D eigenvalue weighted by molar-refractivity contribution is 0.176. The van der Waals surface area contributed by atoms with Gasteiger partial charge in [0.1, 0.15) is 0 Å². The first kappa shape index (κ1) is 14.1. The van der Waals surface area contributed by atoms with Crippen LogP contribution in [-0.2, 0) is 14.9 Å².